The Hall–Kier alpha value is -1.89. The summed E-state index contributed by atoms with van der Waals surface area (Å²) in [4.78, 5) is 22.7. The first kappa shape index (κ1) is 18.2. The number of amides is 1. The molecule has 0 unspecified atom stereocenters. The Balaban J connectivity index is 2.58. The Morgan fingerprint density at radius 3 is 2.23 bits per heavy atom. The number of carbonyl (C=O) groups is 2. The molecule has 0 aromatic heterocycles. The molecule has 0 aliphatic carbocycles. The molecule has 22 heavy (non-hydrogen) atoms. The molecule has 0 spiro atoms. The van der Waals surface area contributed by atoms with Crippen LogP contribution in [-0.2, 0) is 19.6 Å². The second-order valence-corrected chi connectivity index (χ2v) is 7.57. The Morgan fingerprint density at radius 2 is 1.73 bits per heavy atom. The third-order valence-electron chi connectivity index (χ3n) is 3.36. The van der Waals surface area contributed by atoms with E-state index in [9.17, 15) is 18.0 Å². The van der Waals surface area contributed by atoms with Crippen LogP contribution in [0.1, 0.15) is 38.7 Å². The lowest BCUT2D eigenvalue weighted by Gasteiger charge is -2.18. The summed E-state index contributed by atoms with van der Waals surface area (Å²) in [6.45, 7) is 4.96. The van der Waals surface area contributed by atoms with Gasteiger partial charge in [0.1, 0.15) is 0 Å². The molecule has 7 heteroatoms. The molecule has 6 nitrogen and oxygen atoms in total. The van der Waals surface area contributed by atoms with Crippen LogP contribution in [0.2, 0.25) is 0 Å². The Bertz CT molecular complexity index is 647. The summed E-state index contributed by atoms with van der Waals surface area (Å²) >= 11 is 0. The maximum atomic E-state index is 12.0. The highest BCUT2D eigenvalue weighted by Gasteiger charge is 2.27. The van der Waals surface area contributed by atoms with E-state index in [1.807, 2.05) is 11.6 Å². The van der Waals surface area contributed by atoms with Crippen molar-refractivity contribution in [2.75, 3.05) is 0 Å². The molecular formula is C15H21NO5S. The van der Waals surface area contributed by atoms with Crippen molar-refractivity contribution >= 4 is 21.9 Å². The topological polar surface area (TPSA) is 101 Å². The highest BCUT2D eigenvalue weighted by molar-refractivity contribution is 7.90. The zero-order valence-corrected chi connectivity index (χ0v) is 13.7. The zero-order valence-electron chi connectivity index (χ0n) is 12.9. The summed E-state index contributed by atoms with van der Waals surface area (Å²) in [5.41, 5.74) is -0.0167. The number of nitrogens with one attached hydrogen (secondary N) is 1. The quantitative estimate of drug-likeness (QED) is 0.798. The number of carboxylic acid groups (broad SMARTS) is 1. The standard InChI is InChI=1S/C15H21NO5S/c1-11-6-8-12(9-7-11)22(20,21)16-13(17)5-4-10-15(2,3)14(18)19/h6-9H,4-5,10H2,1-3H3,(H,16,17)(H,18,19). The molecule has 2 N–H and O–H groups in total. The molecular weight excluding hydrogens is 306 g/mol. The summed E-state index contributed by atoms with van der Waals surface area (Å²) in [5, 5.41) is 8.97. The van der Waals surface area contributed by atoms with Gasteiger partial charge in [-0.05, 0) is 45.7 Å². The van der Waals surface area contributed by atoms with Gasteiger partial charge in [0, 0.05) is 6.42 Å². The summed E-state index contributed by atoms with van der Waals surface area (Å²) < 4.78 is 26.0. The van der Waals surface area contributed by atoms with E-state index in [-0.39, 0.29) is 11.3 Å². The monoisotopic (exact) mass is 327 g/mol. The van der Waals surface area contributed by atoms with Gasteiger partial charge in [-0.1, -0.05) is 17.7 Å². The van der Waals surface area contributed by atoms with E-state index in [2.05, 4.69) is 0 Å². The van der Waals surface area contributed by atoms with Crippen molar-refractivity contribution < 1.29 is 23.1 Å². The third-order valence-corrected chi connectivity index (χ3v) is 4.75. The number of carbonyl (C=O) groups excluding carboxylic acids is 1. The van der Waals surface area contributed by atoms with Gasteiger partial charge in [-0.15, -0.1) is 0 Å². The number of aryl methyl sites for hydroxylation is 1. The number of hydrogen-bond acceptors (Lipinski definition) is 4. The van der Waals surface area contributed by atoms with E-state index in [0.717, 1.165) is 5.56 Å². The van der Waals surface area contributed by atoms with Gasteiger partial charge < -0.3 is 5.11 Å². The van der Waals surface area contributed by atoms with Crippen molar-refractivity contribution in [1.29, 1.82) is 0 Å². The zero-order chi connectivity index (χ0) is 17.0. The van der Waals surface area contributed by atoms with Crippen LogP contribution < -0.4 is 4.72 Å². The number of benzene rings is 1. The van der Waals surface area contributed by atoms with Crippen LogP contribution in [0.5, 0.6) is 0 Å². The largest absolute Gasteiger partial charge is 0.481 e. The van der Waals surface area contributed by atoms with Gasteiger partial charge in [0.2, 0.25) is 5.91 Å². The first-order chi connectivity index (χ1) is 10.0. The lowest BCUT2D eigenvalue weighted by Crippen LogP contribution is -2.31. The van der Waals surface area contributed by atoms with Crippen LogP contribution in [-0.4, -0.2) is 25.4 Å². The number of aliphatic carboxylic acids is 1. The summed E-state index contributed by atoms with van der Waals surface area (Å²) in [6, 6.07) is 6.15. The fraction of sp³-hybridized carbons (Fsp3) is 0.467. The highest BCUT2D eigenvalue weighted by atomic mass is 32.2. The molecule has 0 radical (unpaired) electrons. The Labute approximate surface area is 130 Å². The van der Waals surface area contributed by atoms with Crippen LogP contribution in [0.25, 0.3) is 0 Å². The minimum atomic E-state index is -3.87. The Morgan fingerprint density at radius 1 is 1.18 bits per heavy atom. The van der Waals surface area contributed by atoms with Crippen LogP contribution in [0.15, 0.2) is 29.2 Å². The molecule has 0 bridgehead atoms. The second-order valence-electron chi connectivity index (χ2n) is 5.88. The molecule has 1 amide bonds. The molecule has 0 fully saturated rings. The molecule has 0 saturated heterocycles. The van der Waals surface area contributed by atoms with Gasteiger partial charge in [0.05, 0.1) is 10.3 Å². The molecule has 122 valence electrons. The lowest BCUT2D eigenvalue weighted by atomic mass is 9.87. The fourth-order valence-electron chi connectivity index (χ4n) is 1.78. The van der Waals surface area contributed by atoms with E-state index in [1.54, 1.807) is 26.0 Å². The second kappa shape index (κ2) is 6.91. The molecule has 0 atom stereocenters. The maximum absolute atomic E-state index is 12.0. The normalized spacial score (nSPS) is 12.0. The molecule has 0 aliphatic heterocycles. The van der Waals surface area contributed by atoms with Crippen LogP contribution >= 0.6 is 0 Å². The van der Waals surface area contributed by atoms with Crippen molar-refractivity contribution in [1.82, 2.24) is 4.72 Å². The molecule has 1 aromatic rings. The van der Waals surface area contributed by atoms with E-state index < -0.39 is 27.3 Å². The van der Waals surface area contributed by atoms with Crippen molar-refractivity contribution in [2.24, 2.45) is 5.41 Å². The van der Waals surface area contributed by atoms with Crippen molar-refractivity contribution in [2.45, 2.75) is 44.9 Å². The highest BCUT2D eigenvalue weighted by Crippen LogP contribution is 2.23. The van der Waals surface area contributed by atoms with E-state index >= 15 is 0 Å². The summed E-state index contributed by atoms with van der Waals surface area (Å²) in [7, 11) is -3.87. The third kappa shape index (κ3) is 5.14. The molecule has 0 heterocycles. The average molecular weight is 327 g/mol. The lowest BCUT2D eigenvalue weighted by molar-refractivity contribution is -0.147. The minimum absolute atomic E-state index is 0.0253. The SMILES string of the molecule is Cc1ccc(S(=O)(=O)NC(=O)CCCC(C)(C)C(=O)O)cc1. The number of rotatable bonds is 7. The van der Waals surface area contributed by atoms with Gasteiger partial charge in [-0.3, -0.25) is 9.59 Å². The van der Waals surface area contributed by atoms with Gasteiger partial charge in [-0.2, -0.15) is 0 Å². The van der Waals surface area contributed by atoms with Gasteiger partial charge in [-0.25, -0.2) is 13.1 Å². The summed E-state index contributed by atoms with van der Waals surface area (Å²) in [6.07, 6.45) is 0.552. The first-order valence-electron chi connectivity index (χ1n) is 6.90. The van der Waals surface area contributed by atoms with Crippen molar-refractivity contribution in [3.63, 3.8) is 0 Å². The number of carboxylic acids is 1. The van der Waals surface area contributed by atoms with Crippen LogP contribution in [0.4, 0.5) is 0 Å². The van der Waals surface area contributed by atoms with Crippen LogP contribution in [0.3, 0.4) is 0 Å². The van der Waals surface area contributed by atoms with Crippen LogP contribution in [0, 0.1) is 12.3 Å². The van der Waals surface area contributed by atoms with Gasteiger partial charge in [0.15, 0.2) is 0 Å². The minimum Gasteiger partial charge on any atom is -0.481 e. The first-order valence-corrected chi connectivity index (χ1v) is 8.39. The van der Waals surface area contributed by atoms with E-state index in [4.69, 9.17) is 5.11 Å². The van der Waals surface area contributed by atoms with Crippen molar-refractivity contribution in [3.05, 3.63) is 29.8 Å². The van der Waals surface area contributed by atoms with Gasteiger partial charge in [0.25, 0.3) is 10.0 Å². The molecule has 1 rings (SSSR count). The molecule has 0 aliphatic rings. The molecule has 0 saturated carbocycles. The average Bonchev–Trinajstić information content (AvgIpc) is 2.38. The van der Waals surface area contributed by atoms with Gasteiger partial charge >= 0.3 is 5.97 Å². The maximum Gasteiger partial charge on any atom is 0.309 e. The van der Waals surface area contributed by atoms with E-state index in [1.165, 1.54) is 12.1 Å². The fourth-order valence-corrected chi connectivity index (χ4v) is 2.79. The number of hydrogen-bond donors (Lipinski definition) is 2. The summed E-state index contributed by atoms with van der Waals surface area (Å²) in [5.74, 6) is -1.58. The smallest absolute Gasteiger partial charge is 0.309 e. The molecule has 1 aromatic carbocycles. The predicted octanol–water partition coefficient (Wildman–Crippen LogP) is 2.08. The Kier molecular flexibility index (Phi) is 5.71. The number of sulfonamides is 1. The van der Waals surface area contributed by atoms with Crippen molar-refractivity contribution in [3.8, 4) is 0 Å². The van der Waals surface area contributed by atoms with E-state index in [0.29, 0.717) is 12.8 Å². The predicted molar refractivity (Wildman–Crippen MR) is 81.8 cm³/mol.